The minimum Gasteiger partial charge on any atom is -0.393 e. The Morgan fingerprint density at radius 2 is 2.20 bits per heavy atom. The van der Waals surface area contributed by atoms with E-state index in [1.807, 2.05) is 0 Å². The Balaban J connectivity index is 2.11. The molecule has 2 fully saturated rings. The van der Waals surface area contributed by atoms with E-state index >= 15 is 0 Å². The lowest BCUT2D eigenvalue weighted by Crippen LogP contribution is -2.08. The predicted molar refractivity (Wildman–Crippen MR) is 40.6 cm³/mol. The molecule has 0 aromatic rings. The number of hydrogen-bond donors (Lipinski definition) is 1. The molecule has 0 bridgehead atoms. The Hall–Kier alpha value is -0.0400. The first-order valence-corrected chi connectivity index (χ1v) is 4.35. The highest BCUT2D eigenvalue weighted by molar-refractivity contribution is 5.11. The van der Waals surface area contributed by atoms with E-state index in [-0.39, 0.29) is 6.10 Å². The summed E-state index contributed by atoms with van der Waals surface area (Å²) in [4.78, 5) is 0. The zero-order valence-corrected chi connectivity index (χ0v) is 6.80. The van der Waals surface area contributed by atoms with Crippen LogP contribution in [0.15, 0.2) is 0 Å². The van der Waals surface area contributed by atoms with Crippen molar-refractivity contribution in [3.63, 3.8) is 0 Å². The van der Waals surface area contributed by atoms with Gasteiger partial charge in [0, 0.05) is 0 Å². The lowest BCUT2D eigenvalue weighted by molar-refractivity contribution is 0.157. The Labute approximate surface area is 62.4 Å². The SMILES string of the molecule is CC(C)[C@@]12CC[C@H](O)C1C2. The van der Waals surface area contributed by atoms with E-state index in [1.165, 1.54) is 12.8 Å². The highest BCUT2D eigenvalue weighted by Crippen LogP contribution is 2.67. The van der Waals surface area contributed by atoms with Crippen LogP contribution in [0.1, 0.15) is 33.1 Å². The molecule has 0 spiro atoms. The summed E-state index contributed by atoms with van der Waals surface area (Å²) in [6.45, 7) is 4.58. The van der Waals surface area contributed by atoms with Gasteiger partial charge in [-0.15, -0.1) is 0 Å². The van der Waals surface area contributed by atoms with Gasteiger partial charge in [-0.25, -0.2) is 0 Å². The number of hydrogen-bond acceptors (Lipinski definition) is 1. The van der Waals surface area contributed by atoms with Gasteiger partial charge in [0.05, 0.1) is 6.10 Å². The monoisotopic (exact) mass is 140 g/mol. The van der Waals surface area contributed by atoms with Crippen LogP contribution in [0.4, 0.5) is 0 Å². The van der Waals surface area contributed by atoms with Crippen LogP contribution >= 0.6 is 0 Å². The second-order valence-corrected chi connectivity index (χ2v) is 4.30. The first-order valence-electron chi connectivity index (χ1n) is 4.35. The molecule has 10 heavy (non-hydrogen) atoms. The van der Waals surface area contributed by atoms with E-state index in [2.05, 4.69) is 13.8 Å². The molecule has 1 nitrogen and oxygen atoms in total. The minimum atomic E-state index is 0.0439. The van der Waals surface area contributed by atoms with Gasteiger partial charge in [-0.3, -0.25) is 0 Å². The third kappa shape index (κ3) is 0.619. The lowest BCUT2D eigenvalue weighted by Gasteiger charge is -2.15. The van der Waals surface area contributed by atoms with Crippen molar-refractivity contribution in [1.82, 2.24) is 0 Å². The van der Waals surface area contributed by atoms with E-state index < -0.39 is 0 Å². The van der Waals surface area contributed by atoms with Crippen LogP contribution in [0.5, 0.6) is 0 Å². The zero-order valence-electron chi connectivity index (χ0n) is 6.80. The highest BCUT2D eigenvalue weighted by Gasteiger charge is 2.62. The lowest BCUT2D eigenvalue weighted by atomic mass is 9.90. The number of aliphatic hydroxyl groups excluding tert-OH is 1. The van der Waals surface area contributed by atoms with Crippen LogP contribution in [-0.4, -0.2) is 11.2 Å². The van der Waals surface area contributed by atoms with Crippen molar-refractivity contribution in [3.05, 3.63) is 0 Å². The average Bonchev–Trinajstić information content (AvgIpc) is 2.52. The summed E-state index contributed by atoms with van der Waals surface area (Å²) >= 11 is 0. The van der Waals surface area contributed by atoms with Crippen molar-refractivity contribution in [2.45, 2.75) is 39.2 Å². The third-order valence-corrected chi connectivity index (χ3v) is 3.70. The van der Waals surface area contributed by atoms with Gasteiger partial charge in [0.25, 0.3) is 0 Å². The van der Waals surface area contributed by atoms with E-state index in [0.717, 1.165) is 12.3 Å². The third-order valence-electron chi connectivity index (χ3n) is 3.70. The summed E-state index contributed by atoms with van der Waals surface area (Å²) in [5.41, 5.74) is 0.583. The molecule has 2 rings (SSSR count). The molecular weight excluding hydrogens is 124 g/mol. The van der Waals surface area contributed by atoms with Crippen LogP contribution < -0.4 is 0 Å². The summed E-state index contributed by atoms with van der Waals surface area (Å²) in [6.07, 6.45) is 3.67. The molecule has 0 heterocycles. The highest BCUT2D eigenvalue weighted by atomic mass is 16.3. The molecule has 1 heteroatoms. The summed E-state index contributed by atoms with van der Waals surface area (Å²) < 4.78 is 0. The second-order valence-electron chi connectivity index (χ2n) is 4.30. The zero-order chi connectivity index (χ0) is 7.35. The molecule has 0 aromatic heterocycles. The van der Waals surface area contributed by atoms with Gasteiger partial charge < -0.3 is 5.11 Å². The van der Waals surface area contributed by atoms with Gasteiger partial charge in [-0.05, 0) is 36.5 Å². The Bertz CT molecular complexity index is 153. The molecule has 3 atom stereocenters. The molecule has 2 aliphatic rings. The molecule has 0 saturated heterocycles. The maximum Gasteiger partial charge on any atom is 0.0574 e. The van der Waals surface area contributed by atoms with Gasteiger partial charge in [0.2, 0.25) is 0 Å². The first-order chi connectivity index (χ1) is 4.67. The van der Waals surface area contributed by atoms with E-state index in [9.17, 15) is 5.11 Å². The van der Waals surface area contributed by atoms with Crippen molar-refractivity contribution < 1.29 is 5.11 Å². The molecular formula is C9H16O. The minimum absolute atomic E-state index is 0.0439. The predicted octanol–water partition coefficient (Wildman–Crippen LogP) is 1.80. The topological polar surface area (TPSA) is 20.2 Å². The van der Waals surface area contributed by atoms with E-state index in [0.29, 0.717) is 11.3 Å². The maximum absolute atomic E-state index is 9.45. The molecule has 0 amide bonds. The van der Waals surface area contributed by atoms with Crippen LogP contribution in [-0.2, 0) is 0 Å². The van der Waals surface area contributed by atoms with Gasteiger partial charge in [-0.2, -0.15) is 0 Å². The Morgan fingerprint density at radius 1 is 1.50 bits per heavy atom. The summed E-state index contributed by atoms with van der Waals surface area (Å²) in [5.74, 6) is 1.46. The number of fused-ring (bicyclic) bond motifs is 1. The number of aliphatic hydroxyl groups is 1. The molecule has 2 saturated carbocycles. The van der Waals surface area contributed by atoms with Gasteiger partial charge in [0.15, 0.2) is 0 Å². The quantitative estimate of drug-likeness (QED) is 0.589. The fourth-order valence-corrected chi connectivity index (χ4v) is 2.73. The molecule has 1 unspecified atom stereocenters. The summed E-state index contributed by atoms with van der Waals surface area (Å²) in [7, 11) is 0. The summed E-state index contributed by atoms with van der Waals surface area (Å²) in [6, 6.07) is 0. The normalized spacial score (nSPS) is 51.6. The van der Waals surface area contributed by atoms with Crippen molar-refractivity contribution in [1.29, 1.82) is 0 Å². The van der Waals surface area contributed by atoms with Gasteiger partial charge in [-0.1, -0.05) is 13.8 Å². The van der Waals surface area contributed by atoms with Crippen LogP contribution in [0.3, 0.4) is 0 Å². The average molecular weight is 140 g/mol. The molecule has 0 aromatic carbocycles. The standard InChI is InChI=1S/C9H16O/c1-6(2)9-4-3-8(10)7(9)5-9/h6-8,10H,3-5H2,1-2H3/t7?,8-,9-/m0/s1. The van der Waals surface area contributed by atoms with Gasteiger partial charge in [0.1, 0.15) is 0 Å². The van der Waals surface area contributed by atoms with Crippen molar-refractivity contribution in [3.8, 4) is 0 Å². The fraction of sp³-hybridized carbons (Fsp3) is 1.00. The van der Waals surface area contributed by atoms with Crippen molar-refractivity contribution in [2.24, 2.45) is 17.3 Å². The second kappa shape index (κ2) is 1.76. The molecule has 0 aliphatic heterocycles. The van der Waals surface area contributed by atoms with Crippen LogP contribution in [0.25, 0.3) is 0 Å². The van der Waals surface area contributed by atoms with E-state index in [4.69, 9.17) is 0 Å². The first kappa shape index (κ1) is 6.66. The van der Waals surface area contributed by atoms with E-state index in [1.54, 1.807) is 0 Å². The largest absolute Gasteiger partial charge is 0.393 e. The Morgan fingerprint density at radius 3 is 2.40 bits per heavy atom. The Kier molecular flexibility index (Phi) is 1.17. The summed E-state index contributed by atoms with van der Waals surface area (Å²) in [5, 5.41) is 9.45. The van der Waals surface area contributed by atoms with Crippen LogP contribution in [0.2, 0.25) is 0 Å². The van der Waals surface area contributed by atoms with Crippen LogP contribution in [0, 0.1) is 17.3 Å². The maximum atomic E-state index is 9.45. The molecule has 0 radical (unpaired) electrons. The van der Waals surface area contributed by atoms with Crippen molar-refractivity contribution in [2.75, 3.05) is 0 Å². The molecule has 58 valence electrons. The fourth-order valence-electron chi connectivity index (χ4n) is 2.73. The van der Waals surface area contributed by atoms with Gasteiger partial charge >= 0.3 is 0 Å². The molecule has 2 aliphatic carbocycles. The smallest absolute Gasteiger partial charge is 0.0574 e. The van der Waals surface area contributed by atoms with Crippen molar-refractivity contribution >= 4 is 0 Å². The molecule has 1 N–H and O–H groups in total. The number of rotatable bonds is 1.